The molecule has 2 aliphatic rings. The van der Waals surface area contributed by atoms with E-state index < -0.39 is 36.0 Å². The maximum absolute atomic E-state index is 13.9. The molecule has 1 aromatic carbocycles. The summed E-state index contributed by atoms with van der Waals surface area (Å²) in [6.07, 6.45) is -2.90. The first-order valence-electron chi connectivity index (χ1n) is 11.7. The van der Waals surface area contributed by atoms with Crippen LogP contribution in [0.3, 0.4) is 0 Å². The van der Waals surface area contributed by atoms with Gasteiger partial charge in [-0.2, -0.15) is 0 Å². The van der Waals surface area contributed by atoms with E-state index in [2.05, 4.69) is 0 Å². The maximum Gasteiger partial charge on any atom is 0.417 e. The molecule has 194 valence electrons. The Morgan fingerprint density at radius 2 is 1.83 bits per heavy atom. The van der Waals surface area contributed by atoms with Crippen LogP contribution in [0.15, 0.2) is 18.2 Å². The number of carbonyl (C=O) groups is 3. The molecule has 10 heteroatoms. The minimum atomic E-state index is -1.71. The Balaban J connectivity index is 1.97. The molecule has 0 bridgehead atoms. The summed E-state index contributed by atoms with van der Waals surface area (Å²) in [4.78, 5) is 40.3. The molecule has 2 aliphatic heterocycles. The van der Waals surface area contributed by atoms with Crippen molar-refractivity contribution in [2.45, 2.75) is 64.8 Å². The van der Waals surface area contributed by atoms with Crippen molar-refractivity contribution < 1.29 is 42.8 Å². The minimum absolute atomic E-state index is 0.0431. The molecule has 0 aromatic heterocycles. The highest BCUT2D eigenvalue weighted by molar-refractivity contribution is 5.97. The summed E-state index contributed by atoms with van der Waals surface area (Å²) in [6, 6.07) is 4.73. The Morgan fingerprint density at radius 3 is 2.40 bits per heavy atom. The molecule has 2 saturated heterocycles. The van der Waals surface area contributed by atoms with Gasteiger partial charge in [0.15, 0.2) is 17.6 Å². The molecule has 1 aromatic rings. The van der Waals surface area contributed by atoms with Crippen LogP contribution in [-0.4, -0.2) is 74.7 Å². The van der Waals surface area contributed by atoms with Crippen molar-refractivity contribution >= 4 is 17.8 Å². The standard InChI is InChI=1S/C25H35NO9/c1-14(2)18-13-34-24(29)26(18)23(28)22(25(32-7)11-19(27)15(3)16(4)35-25)33-12-17-8-9-20(30-5)21(10-17)31-6/h8-10,14-16,18,22H,11-13H2,1-7H3/t15-,16+,18+,22+,25+/m0/s1. The number of carbonyl (C=O) groups excluding carboxylic acids is 3. The summed E-state index contributed by atoms with van der Waals surface area (Å²) in [5, 5.41) is 0. The lowest BCUT2D eigenvalue weighted by Crippen LogP contribution is -2.62. The maximum atomic E-state index is 13.9. The normalized spacial score (nSPS) is 27.7. The van der Waals surface area contributed by atoms with Gasteiger partial charge in [-0.05, 0) is 30.5 Å². The van der Waals surface area contributed by atoms with Crippen LogP contribution >= 0.6 is 0 Å². The zero-order chi connectivity index (χ0) is 25.9. The number of ether oxygens (including phenoxy) is 6. The molecule has 0 saturated carbocycles. The van der Waals surface area contributed by atoms with Crippen molar-refractivity contribution in [2.24, 2.45) is 11.8 Å². The van der Waals surface area contributed by atoms with Crippen molar-refractivity contribution in [2.75, 3.05) is 27.9 Å². The fourth-order valence-corrected chi connectivity index (χ4v) is 4.35. The fourth-order valence-electron chi connectivity index (χ4n) is 4.35. The molecule has 2 fully saturated rings. The Hall–Kier alpha value is -2.69. The van der Waals surface area contributed by atoms with E-state index in [1.165, 1.54) is 21.3 Å². The molecular formula is C25H35NO9. The molecular weight excluding hydrogens is 458 g/mol. The molecule has 2 amide bonds. The van der Waals surface area contributed by atoms with Crippen LogP contribution in [0.2, 0.25) is 0 Å². The van der Waals surface area contributed by atoms with Crippen LogP contribution in [0.4, 0.5) is 4.79 Å². The third-order valence-corrected chi connectivity index (χ3v) is 6.76. The van der Waals surface area contributed by atoms with Crippen molar-refractivity contribution in [1.82, 2.24) is 4.90 Å². The highest BCUT2D eigenvalue weighted by Gasteiger charge is 2.56. The molecule has 0 unspecified atom stereocenters. The van der Waals surface area contributed by atoms with Crippen molar-refractivity contribution in [1.29, 1.82) is 0 Å². The third kappa shape index (κ3) is 5.29. The van der Waals surface area contributed by atoms with Gasteiger partial charge in [-0.1, -0.05) is 26.8 Å². The second-order valence-corrected chi connectivity index (χ2v) is 9.25. The molecule has 3 rings (SSSR count). The molecule has 0 aliphatic carbocycles. The quantitative estimate of drug-likeness (QED) is 0.513. The van der Waals surface area contributed by atoms with Crippen molar-refractivity contribution in [3.63, 3.8) is 0 Å². The number of hydrogen-bond acceptors (Lipinski definition) is 9. The van der Waals surface area contributed by atoms with Crippen molar-refractivity contribution in [3.05, 3.63) is 23.8 Å². The van der Waals surface area contributed by atoms with Crippen LogP contribution < -0.4 is 9.47 Å². The second kappa shape index (κ2) is 10.9. The number of methoxy groups -OCH3 is 3. The highest BCUT2D eigenvalue weighted by atomic mass is 16.7. The van der Waals surface area contributed by atoms with E-state index in [4.69, 9.17) is 28.4 Å². The zero-order valence-electron chi connectivity index (χ0n) is 21.4. The number of nitrogens with zero attached hydrogens (tertiary/aromatic N) is 1. The van der Waals surface area contributed by atoms with E-state index in [1.807, 2.05) is 13.8 Å². The van der Waals surface area contributed by atoms with Gasteiger partial charge in [0.05, 0.1) is 39.4 Å². The van der Waals surface area contributed by atoms with Gasteiger partial charge in [-0.3, -0.25) is 9.59 Å². The van der Waals surface area contributed by atoms with Crippen LogP contribution in [0.1, 0.15) is 39.7 Å². The van der Waals surface area contributed by atoms with E-state index in [0.717, 1.165) is 4.90 Å². The predicted molar refractivity (Wildman–Crippen MR) is 124 cm³/mol. The predicted octanol–water partition coefficient (Wildman–Crippen LogP) is 2.95. The Bertz CT molecular complexity index is 949. The lowest BCUT2D eigenvalue weighted by Gasteiger charge is -2.45. The lowest BCUT2D eigenvalue weighted by molar-refractivity contribution is -0.307. The van der Waals surface area contributed by atoms with Crippen LogP contribution in [0.5, 0.6) is 11.5 Å². The second-order valence-electron chi connectivity index (χ2n) is 9.25. The molecule has 10 nitrogen and oxygen atoms in total. The van der Waals surface area contributed by atoms with Crippen molar-refractivity contribution in [3.8, 4) is 11.5 Å². The monoisotopic (exact) mass is 493 g/mol. The molecule has 5 atom stereocenters. The fraction of sp³-hybridized carbons (Fsp3) is 0.640. The van der Waals surface area contributed by atoms with Gasteiger partial charge in [-0.15, -0.1) is 0 Å². The number of benzene rings is 1. The lowest BCUT2D eigenvalue weighted by atomic mass is 9.87. The van der Waals surface area contributed by atoms with E-state index in [9.17, 15) is 14.4 Å². The van der Waals surface area contributed by atoms with E-state index in [1.54, 1.807) is 32.0 Å². The first kappa shape index (κ1) is 26.9. The Kier molecular flexibility index (Phi) is 8.40. The average molecular weight is 494 g/mol. The molecule has 2 heterocycles. The summed E-state index contributed by atoms with van der Waals surface area (Å²) in [6.45, 7) is 7.33. The number of Topliss-reactive ketones (excluding diaryl/α,β-unsaturated/α-hetero) is 1. The van der Waals surface area contributed by atoms with Crippen LogP contribution in [0.25, 0.3) is 0 Å². The summed E-state index contributed by atoms with van der Waals surface area (Å²) in [7, 11) is 4.41. The molecule has 0 radical (unpaired) electrons. The Labute approximate surface area is 205 Å². The van der Waals surface area contributed by atoms with Crippen LogP contribution in [-0.2, 0) is 35.1 Å². The summed E-state index contributed by atoms with van der Waals surface area (Å²) in [5.41, 5.74) is 0.680. The third-order valence-electron chi connectivity index (χ3n) is 6.76. The molecule has 35 heavy (non-hydrogen) atoms. The average Bonchev–Trinajstić information content (AvgIpc) is 3.23. The number of ketones is 1. The molecule has 0 N–H and O–H groups in total. The van der Waals surface area contributed by atoms with Gasteiger partial charge in [0.25, 0.3) is 5.91 Å². The summed E-state index contributed by atoms with van der Waals surface area (Å²) < 4.78 is 33.8. The van der Waals surface area contributed by atoms with E-state index in [-0.39, 0.29) is 37.3 Å². The Morgan fingerprint density at radius 1 is 1.14 bits per heavy atom. The first-order valence-corrected chi connectivity index (χ1v) is 11.7. The van der Waals surface area contributed by atoms with Gasteiger partial charge in [0, 0.05) is 13.0 Å². The summed E-state index contributed by atoms with van der Waals surface area (Å²) in [5.74, 6) is -1.90. The number of hydrogen-bond donors (Lipinski definition) is 0. The van der Waals surface area contributed by atoms with E-state index >= 15 is 0 Å². The highest BCUT2D eigenvalue weighted by Crippen LogP contribution is 2.37. The number of amides is 2. The van der Waals surface area contributed by atoms with E-state index in [0.29, 0.717) is 17.1 Å². The zero-order valence-corrected chi connectivity index (χ0v) is 21.4. The minimum Gasteiger partial charge on any atom is -0.493 e. The summed E-state index contributed by atoms with van der Waals surface area (Å²) >= 11 is 0. The number of rotatable bonds is 9. The van der Waals surface area contributed by atoms with Crippen LogP contribution in [0, 0.1) is 11.8 Å². The van der Waals surface area contributed by atoms with Gasteiger partial charge in [0.2, 0.25) is 5.79 Å². The number of imide groups is 1. The topological polar surface area (TPSA) is 110 Å². The van der Waals surface area contributed by atoms with Gasteiger partial charge < -0.3 is 28.4 Å². The van der Waals surface area contributed by atoms with Gasteiger partial charge in [0.1, 0.15) is 12.4 Å². The van der Waals surface area contributed by atoms with Gasteiger partial charge in [-0.25, -0.2) is 9.69 Å². The smallest absolute Gasteiger partial charge is 0.417 e. The first-order chi connectivity index (χ1) is 16.6. The SMILES string of the molecule is COc1ccc(CO[C@H](C(=O)N2C(=O)OC[C@@H]2C(C)C)[C@@]2(OC)CC(=O)[C@@H](C)[C@@H](C)O2)cc1OC. The largest absolute Gasteiger partial charge is 0.493 e. The van der Waals surface area contributed by atoms with Gasteiger partial charge >= 0.3 is 6.09 Å². The number of cyclic esters (lactones) is 1. The molecule has 0 spiro atoms.